The number of ketones is 1. The quantitative estimate of drug-likeness (QED) is 0.283. The highest BCUT2D eigenvalue weighted by Crippen LogP contribution is 2.54. The first-order valence-corrected chi connectivity index (χ1v) is 17.2. The van der Waals surface area contributed by atoms with Gasteiger partial charge in [-0.25, -0.2) is 14.5 Å². The molecule has 0 aromatic carbocycles. The van der Waals surface area contributed by atoms with Crippen molar-refractivity contribution in [1.29, 1.82) is 0 Å². The van der Waals surface area contributed by atoms with Gasteiger partial charge in [-0.3, -0.25) is 28.2 Å². The number of nitrogens with two attached hydrogens (primary N) is 1. The van der Waals surface area contributed by atoms with E-state index in [9.17, 15) is 23.9 Å². The highest BCUT2D eigenvalue weighted by Gasteiger charge is 2.47. The van der Waals surface area contributed by atoms with Crippen LogP contribution in [0.4, 0.5) is 11.8 Å². The maximum absolute atomic E-state index is 13.0. The lowest BCUT2D eigenvalue weighted by Gasteiger charge is -2.27. The molecule has 0 amide bonds. The molecule has 7 heterocycles. The zero-order chi connectivity index (χ0) is 30.1. The minimum absolute atomic E-state index is 0.0170. The molecular formula is C22H25N7O11P2S. The fourth-order valence-corrected chi connectivity index (χ4v) is 7.95. The first-order chi connectivity index (χ1) is 20.5. The fraction of sp³-hybridized carbons (Fsp3) is 0.500. The van der Waals surface area contributed by atoms with Gasteiger partial charge in [0.05, 0.1) is 31.2 Å². The third-order valence-electron chi connectivity index (χ3n) is 7.40. The van der Waals surface area contributed by atoms with Gasteiger partial charge in [0, 0.05) is 31.7 Å². The number of hydrogen-bond donors (Lipinski definition) is 4. The molecule has 4 aliphatic rings. The topological polar surface area (TPSA) is 237 Å². The Bertz CT molecular complexity index is 1790. The van der Waals surface area contributed by atoms with E-state index >= 15 is 0 Å². The predicted molar refractivity (Wildman–Crippen MR) is 149 cm³/mol. The lowest BCUT2D eigenvalue weighted by atomic mass is 10.1. The van der Waals surface area contributed by atoms with Gasteiger partial charge in [-0.2, -0.15) is 4.98 Å². The second-order valence-electron chi connectivity index (χ2n) is 10.2. The van der Waals surface area contributed by atoms with Crippen molar-refractivity contribution in [2.45, 2.75) is 56.1 Å². The second kappa shape index (κ2) is 10.7. The number of anilines is 1. The van der Waals surface area contributed by atoms with Gasteiger partial charge in [-0.05, 0) is 17.9 Å². The van der Waals surface area contributed by atoms with Crippen molar-refractivity contribution >= 4 is 61.3 Å². The SMILES string of the molecule is Nc1nc2c(ncn2[C@@H]2O[C@@H]3COP(=O)(O)O[C@H]4C[C@H](n5ccc6c5N=CCC6=O)O[C@@H]4COP(O)(=S)O[C@@H]2C3)c(=O)[nH]1. The Labute approximate surface area is 246 Å². The largest absolute Gasteiger partial charge is 0.472 e. The van der Waals surface area contributed by atoms with Crippen molar-refractivity contribution in [2.75, 3.05) is 18.9 Å². The monoisotopic (exact) mass is 657 g/mol. The van der Waals surface area contributed by atoms with E-state index in [0.717, 1.165) is 0 Å². The molecule has 7 rings (SSSR count). The van der Waals surface area contributed by atoms with Crippen LogP contribution in [0.5, 0.6) is 0 Å². The molecule has 3 aromatic heterocycles. The van der Waals surface area contributed by atoms with Crippen LogP contribution in [0, 0.1) is 0 Å². The van der Waals surface area contributed by atoms with E-state index < -0.39 is 63.6 Å². The van der Waals surface area contributed by atoms with Crippen LogP contribution in [0.2, 0.25) is 0 Å². The van der Waals surface area contributed by atoms with Gasteiger partial charge in [-0.15, -0.1) is 0 Å². The third kappa shape index (κ3) is 5.55. The summed E-state index contributed by atoms with van der Waals surface area (Å²) in [7, 11) is -4.68. The first kappa shape index (κ1) is 29.1. The van der Waals surface area contributed by atoms with E-state index in [2.05, 4.69) is 19.9 Å². The zero-order valence-corrected chi connectivity index (χ0v) is 24.6. The number of nitrogen functional groups attached to an aromatic ring is 1. The van der Waals surface area contributed by atoms with E-state index in [1.165, 1.54) is 17.1 Å². The van der Waals surface area contributed by atoms with Gasteiger partial charge in [0.15, 0.2) is 23.2 Å². The number of nitrogens with one attached hydrogen (secondary N) is 1. The van der Waals surface area contributed by atoms with Crippen LogP contribution < -0.4 is 11.3 Å². The summed E-state index contributed by atoms with van der Waals surface area (Å²) in [5, 5.41) is 0. The van der Waals surface area contributed by atoms with Gasteiger partial charge in [0.2, 0.25) is 5.95 Å². The Kier molecular flexibility index (Phi) is 7.26. The van der Waals surface area contributed by atoms with Crippen LogP contribution in [-0.4, -0.2) is 83.5 Å². The number of aromatic nitrogens is 5. The Morgan fingerprint density at radius 3 is 2.74 bits per heavy atom. The summed E-state index contributed by atoms with van der Waals surface area (Å²) in [5.41, 5.74) is 5.64. The number of Topliss-reactive ketones (excluding diaryl/α,β-unsaturated/α-hetero) is 1. The minimum Gasteiger partial charge on any atom is -0.369 e. The van der Waals surface area contributed by atoms with Gasteiger partial charge in [-0.1, -0.05) is 0 Å². The number of fused-ring (bicyclic) bond motifs is 5. The molecule has 4 aliphatic heterocycles. The summed E-state index contributed by atoms with van der Waals surface area (Å²) in [4.78, 5) is 61.1. The molecule has 230 valence electrons. The molecule has 8 atom stereocenters. The van der Waals surface area contributed by atoms with E-state index in [-0.39, 0.29) is 48.8 Å². The van der Waals surface area contributed by atoms with E-state index in [1.54, 1.807) is 16.8 Å². The Morgan fingerprint density at radius 1 is 1.07 bits per heavy atom. The molecule has 3 saturated heterocycles. The van der Waals surface area contributed by atoms with Crippen LogP contribution in [-0.2, 0) is 43.9 Å². The van der Waals surface area contributed by atoms with Crippen molar-refractivity contribution in [3.05, 3.63) is 34.5 Å². The molecule has 0 aliphatic carbocycles. The lowest BCUT2D eigenvalue weighted by Crippen LogP contribution is -2.29. The van der Waals surface area contributed by atoms with Gasteiger partial charge < -0.3 is 38.6 Å². The summed E-state index contributed by atoms with van der Waals surface area (Å²) in [6, 6.07) is 1.63. The summed E-state index contributed by atoms with van der Waals surface area (Å²) in [5.74, 6) is 0.133. The number of nitrogens with zero attached hydrogens (tertiary/aromatic N) is 5. The average Bonchev–Trinajstić information content (AvgIpc) is 3.71. The number of aromatic amines is 1. The van der Waals surface area contributed by atoms with E-state index in [1.807, 2.05) is 0 Å². The predicted octanol–water partition coefficient (Wildman–Crippen LogP) is 1.20. The Hall–Kier alpha value is -2.67. The summed E-state index contributed by atoms with van der Waals surface area (Å²) >= 11 is 5.30. The summed E-state index contributed by atoms with van der Waals surface area (Å²) in [6.07, 6.45) is -0.913. The summed E-state index contributed by atoms with van der Waals surface area (Å²) < 4.78 is 50.5. The number of phosphoric acid groups is 1. The number of imidazole rings is 1. The number of H-pyrrole nitrogens is 1. The molecule has 3 fully saturated rings. The average molecular weight is 657 g/mol. The van der Waals surface area contributed by atoms with Crippen molar-refractivity contribution in [3.8, 4) is 0 Å². The van der Waals surface area contributed by atoms with Crippen molar-refractivity contribution < 1.29 is 46.7 Å². The highest BCUT2D eigenvalue weighted by molar-refractivity contribution is 8.07. The molecule has 5 N–H and O–H groups in total. The highest BCUT2D eigenvalue weighted by atomic mass is 32.5. The molecule has 2 unspecified atom stereocenters. The number of ether oxygens (including phenoxy) is 2. The number of carbonyl (C=O) groups is 1. The number of aliphatic imine (C=N–C) groups is 1. The molecule has 2 bridgehead atoms. The van der Waals surface area contributed by atoms with Crippen LogP contribution in [0.15, 0.2) is 28.4 Å². The molecule has 43 heavy (non-hydrogen) atoms. The molecule has 0 radical (unpaired) electrons. The number of carbonyl (C=O) groups excluding carboxylic acids is 1. The van der Waals surface area contributed by atoms with E-state index in [0.29, 0.717) is 11.4 Å². The van der Waals surface area contributed by atoms with Crippen LogP contribution in [0.3, 0.4) is 0 Å². The third-order valence-corrected chi connectivity index (χ3v) is 10.0. The fourth-order valence-electron chi connectivity index (χ4n) is 5.52. The van der Waals surface area contributed by atoms with Crippen molar-refractivity contribution in [2.24, 2.45) is 4.99 Å². The molecule has 3 aromatic rings. The van der Waals surface area contributed by atoms with Gasteiger partial charge in [0.1, 0.15) is 30.4 Å². The number of phosphoric ester groups is 1. The maximum atomic E-state index is 13.0. The molecule has 18 nitrogen and oxygen atoms in total. The molecule has 21 heteroatoms. The first-order valence-electron chi connectivity index (χ1n) is 13.1. The minimum atomic E-state index is -4.68. The molecule has 0 spiro atoms. The zero-order valence-electron chi connectivity index (χ0n) is 22.0. The number of rotatable bonds is 2. The van der Waals surface area contributed by atoms with Gasteiger partial charge in [0.25, 0.3) is 5.56 Å². The standard InChI is InChI=1S/C22H25N7O11P2S/c23-22-26-19-17(20(31)27-22)25-9-29(19)21-14-5-10(37-21)7-35-41(32,33)39-13-6-16(38-15(13)8-36-42(34,43)40-14)28-4-2-11-12(30)1-3-24-18(11)28/h2-4,9-10,13-16,21H,1,5-8H2,(H,32,33)(H,34,43)(H3,23,26,27,31)/t10-,13-,14+,15+,16+,21+,42?/m0/s1. The van der Waals surface area contributed by atoms with Crippen LogP contribution in [0.25, 0.3) is 11.2 Å². The smallest absolute Gasteiger partial charge is 0.369 e. The second-order valence-corrected chi connectivity index (χ2v) is 14.4. The maximum Gasteiger partial charge on any atom is 0.472 e. The molecular weight excluding hydrogens is 632 g/mol. The Balaban J connectivity index is 1.16. The van der Waals surface area contributed by atoms with Gasteiger partial charge >= 0.3 is 14.5 Å². The lowest BCUT2D eigenvalue weighted by molar-refractivity contribution is -0.0627. The normalized spacial score (nSPS) is 36.6. The number of hydrogen-bond acceptors (Lipinski definition) is 14. The molecule has 0 saturated carbocycles. The summed E-state index contributed by atoms with van der Waals surface area (Å²) in [6.45, 7) is -4.75. The van der Waals surface area contributed by atoms with Crippen molar-refractivity contribution in [1.82, 2.24) is 24.1 Å². The Morgan fingerprint density at radius 2 is 1.91 bits per heavy atom. The van der Waals surface area contributed by atoms with Crippen molar-refractivity contribution in [3.63, 3.8) is 0 Å². The van der Waals surface area contributed by atoms with E-state index in [4.69, 9.17) is 45.1 Å². The van der Waals surface area contributed by atoms with Crippen LogP contribution in [0.1, 0.15) is 42.1 Å². The van der Waals surface area contributed by atoms with Crippen LogP contribution >= 0.6 is 14.5 Å².